The minimum absolute atomic E-state index is 0.0141. The molecule has 0 aliphatic heterocycles. The lowest BCUT2D eigenvalue weighted by Gasteiger charge is -2.10. The van der Waals surface area contributed by atoms with Crippen LogP contribution < -0.4 is 10.5 Å². The minimum atomic E-state index is -2.62. The van der Waals surface area contributed by atoms with Gasteiger partial charge in [-0.2, -0.15) is 0 Å². The van der Waals surface area contributed by atoms with Gasteiger partial charge in [-0.1, -0.05) is 15.9 Å². The Balaban J connectivity index is 3.28. The van der Waals surface area contributed by atoms with Crippen molar-refractivity contribution in [2.45, 2.75) is 11.8 Å². The van der Waals surface area contributed by atoms with Gasteiger partial charge in [-0.3, -0.25) is 0 Å². The fourth-order valence-corrected chi connectivity index (χ4v) is 1.37. The summed E-state index contributed by atoms with van der Waals surface area (Å²) < 4.78 is 29.8. The van der Waals surface area contributed by atoms with Crippen molar-refractivity contribution in [2.24, 2.45) is 0 Å². The molecule has 0 saturated heterocycles. The van der Waals surface area contributed by atoms with Crippen molar-refractivity contribution in [1.29, 1.82) is 0 Å². The highest BCUT2D eigenvalue weighted by atomic mass is 79.9. The lowest BCUT2D eigenvalue weighted by molar-refractivity contribution is 0.147. The summed E-state index contributed by atoms with van der Waals surface area (Å²) in [6.45, 7) is 0. The average molecular weight is 267 g/mol. The average Bonchev–Trinajstić information content (AvgIpc) is 2.16. The number of hydrogen-bond acceptors (Lipinski definition) is 3. The first kappa shape index (κ1) is 11.2. The molecule has 0 fully saturated rings. The van der Waals surface area contributed by atoms with E-state index in [0.29, 0.717) is 11.0 Å². The van der Waals surface area contributed by atoms with E-state index in [2.05, 4.69) is 20.9 Å². The third kappa shape index (κ3) is 2.12. The van der Waals surface area contributed by atoms with Crippen LogP contribution in [0.15, 0.2) is 6.07 Å². The Morgan fingerprint density at radius 3 is 2.71 bits per heavy atom. The van der Waals surface area contributed by atoms with Gasteiger partial charge in [0.25, 0.3) is 6.43 Å². The van der Waals surface area contributed by atoms with E-state index in [-0.39, 0.29) is 17.1 Å². The molecule has 0 amide bonds. The molecule has 0 unspecified atom stereocenters. The zero-order valence-corrected chi connectivity index (χ0v) is 9.01. The molecular formula is C8H9BrF2N2O. The predicted molar refractivity (Wildman–Crippen MR) is 52.8 cm³/mol. The smallest absolute Gasteiger partial charge is 0.267 e. The summed E-state index contributed by atoms with van der Waals surface area (Å²) in [5, 5.41) is 0.376. The molecule has 1 rings (SSSR count). The summed E-state index contributed by atoms with van der Waals surface area (Å²) in [5.74, 6) is -0.0653. The molecule has 0 radical (unpaired) electrons. The maximum absolute atomic E-state index is 12.5. The third-order valence-corrected chi connectivity index (χ3v) is 2.23. The normalized spacial score (nSPS) is 10.6. The van der Waals surface area contributed by atoms with Crippen LogP contribution in [-0.2, 0) is 5.33 Å². The number of nitrogens with two attached hydrogens (primary N) is 1. The van der Waals surface area contributed by atoms with Crippen LogP contribution in [0.2, 0.25) is 0 Å². The summed E-state index contributed by atoms with van der Waals surface area (Å²) in [7, 11) is 1.28. The van der Waals surface area contributed by atoms with Gasteiger partial charge in [0.05, 0.1) is 18.4 Å². The quantitative estimate of drug-likeness (QED) is 0.856. The number of ether oxygens (including phenoxy) is 1. The van der Waals surface area contributed by atoms with Gasteiger partial charge < -0.3 is 10.5 Å². The summed E-state index contributed by atoms with van der Waals surface area (Å²) in [6.07, 6.45) is -2.62. The van der Waals surface area contributed by atoms with Crippen LogP contribution in [-0.4, -0.2) is 12.1 Å². The Bertz CT molecular complexity index is 333. The van der Waals surface area contributed by atoms with E-state index < -0.39 is 6.43 Å². The molecule has 0 aromatic carbocycles. The monoisotopic (exact) mass is 266 g/mol. The van der Waals surface area contributed by atoms with Crippen molar-refractivity contribution in [3.63, 3.8) is 0 Å². The first-order chi connectivity index (χ1) is 6.60. The highest BCUT2D eigenvalue weighted by molar-refractivity contribution is 9.08. The topological polar surface area (TPSA) is 48.1 Å². The number of aromatic nitrogens is 1. The molecule has 6 heteroatoms. The fourth-order valence-electron chi connectivity index (χ4n) is 1.08. The van der Waals surface area contributed by atoms with Gasteiger partial charge in [-0.25, -0.2) is 13.8 Å². The second-order valence-electron chi connectivity index (χ2n) is 2.56. The van der Waals surface area contributed by atoms with Crippen molar-refractivity contribution in [2.75, 3.05) is 12.8 Å². The van der Waals surface area contributed by atoms with Crippen molar-refractivity contribution in [3.05, 3.63) is 17.3 Å². The lowest BCUT2D eigenvalue weighted by atomic mass is 10.2. The molecule has 14 heavy (non-hydrogen) atoms. The van der Waals surface area contributed by atoms with E-state index in [0.717, 1.165) is 0 Å². The van der Waals surface area contributed by atoms with E-state index in [1.54, 1.807) is 0 Å². The standard InChI is InChI=1S/C8H9BrF2N2O/c1-14-6-5(7(10)11)2-4(3-9)13-8(6)12/h2,7H,3H2,1H3,(H2,12,13). The van der Waals surface area contributed by atoms with Crippen LogP contribution in [0.25, 0.3) is 0 Å². The van der Waals surface area contributed by atoms with Crippen molar-refractivity contribution >= 4 is 21.7 Å². The molecule has 0 spiro atoms. The first-order valence-corrected chi connectivity index (χ1v) is 4.89. The van der Waals surface area contributed by atoms with Crippen LogP contribution in [0.1, 0.15) is 17.7 Å². The molecule has 0 atom stereocenters. The van der Waals surface area contributed by atoms with E-state index >= 15 is 0 Å². The van der Waals surface area contributed by atoms with Crippen molar-refractivity contribution < 1.29 is 13.5 Å². The van der Waals surface area contributed by atoms with Crippen molar-refractivity contribution in [1.82, 2.24) is 4.98 Å². The Labute approximate surface area is 88.4 Å². The molecule has 0 bridgehead atoms. The molecule has 3 nitrogen and oxygen atoms in total. The van der Waals surface area contributed by atoms with E-state index in [4.69, 9.17) is 10.5 Å². The van der Waals surface area contributed by atoms with Gasteiger partial charge in [-0.15, -0.1) is 0 Å². The molecule has 1 aromatic rings. The lowest BCUT2D eigenvalue weighted by Crippen LogP contribution is -2.03. The van der Waals surface area contributed by atoms with Crippen molar-refractivity contribution in [3.8, 4) is 5.75 Å². The molecule has 0 saturated carbocycles. The summed E-state index contributed by atoms with van der Waals surface area (Å²) in [4.78, 5) is 3.88. The van der Waals surface area contributed by atoms with E-state index in [9.17, 15) is 8.78 Å². The first-order valence-electron chi connectivity index (χ1n) is 3.77. The van der Waals surface area contributed by atoms with E-state index in [1.165, 1.54) is 13.2 Å². The molecule has 0 aliphatic carbocycles. The van der Waals surface area contributed by atoms with Gasteiger partial charge in [0.2, 0.25) is 0 Å². The number of anilines is 1. The van der Waals surface area contributed by atoms with Crippen LogP contribution >= 0.6 is 15.9 Å². The van der Waals surface area contributed by atoms with Gasteiger partial charge in [0.15, 0.2) is 11.6 Å². The van der Waals surface area contributed by atoms with Gasteiger partial charge in [0, 0.05) is 5.33 Å². The largest absolute Gasteiger partial charge is 0.492 e. The maximum atomic E-state index is 12.5. The molecule has 1 heterocycles. The highest BCUT2D eigenvalue weighted by Gasteiger charge is 2.18. The number of methoxy groups -OCH3 is 1. The van der Waals surface area contributed by atoms with Crippen LogP contribution in [0.5, 0.6) is 5.75 Å². The zero-order valence-electron chi connectivity index (χ0n) is 7.43. The van der Waals surface area contributed by atoms with Crippen LogP contribution in [0.4, 0.5) is 14.6 Å². The molecule has 2 N–H and O–H groups in total. The van der Waals surface area contributed by atoms with Gasteiger partial charge >= 0.3 is 0 Å². The van der Waals surface area contributed by atoms with Gasteiger partial charge in [-0.05, 0) is 6.07 Å². The third-order valence-electron chi connectivity index (χ3n) is 1.66. The SMILES string of the molecule is COc1c(C(F)F)cc(CBr)nc1N. The Kier molecular flexibility index (Phi) is 3.62. The Morgan fingerprint density at radius 2 is 2.29 bits per heavy atom. The molecular weight excluding hydrogens is 258 g/mol. The number of alkyl halides is 3. The van der Waals surface area contributed by atoms with Gasteiger partial charge in [0.1, 0.15) is 0 Å². The van der Waals surface area contributed by atoms with Crippen LogP contribution in [0.3, 0.4) is 0 Å². The zero-order chi connectivity index (χ0) is 10.7. The van der Waals surface area contributed by atoms with Crippen LogP contribution in [0, 0.1) is 0 Å². The number of halogens is 3. The molecule has 78 valence electrons. The summed E-state index contributed by atoms with van der Waals surface area (Å²) in [5.41, 5.74) is 5.69. The second kappa shape index (κ2) is 4.54. The number of rotatable bonds is 3. The number of nitrogen functional groups attached to an aromatic ring is 1. The molecule has 1 aromatic heterocycles. The highest BCUT2D eigenvalue weighted by Crippen LogP contribution is 2.33. The predicted octanol–water partition coefficient (Wildman–Crippen LogP) is 2.50. The Morgan fingerprint density at radius 1 is 1.64 bits per heavy atom. The number of hydrogen-bond donors (Lipinski definition) is 1. The fraction of sp³-hybridized carbons (Fsp3) is 0.375. The van der Waals surface area contributed by atoms with E-state index in [1.807, 2.05) is 0 Å². The molecule has 0 aliphatic rings. The second-order valence-corrected chi connectivity index (χ2v) is 3.12. The Hall–Kier alpha value is -0.910. The summed E-state index contributed by atoms with van der Waals surface area (Å²) in [6, 6.07) is 1.27. The minimum Gasteiger partial charge on any atom is -0.492 e. The number of nitrogens with zero attached hydrogens (tertiary/aromatic N) is 1. The number of pyridine rings is 1. The summed E-state index contributed by atoms with van der Waals surface area (Å²) >= 11 is 3.12. The maximum Gasteiger partial charge on any atom is 0.267 e.